The molecule has 1 saturated carbocycles. The molecule has 1 amide bonds. The summed E-state index contributed by atoms with van der Waals surface area (Å²) in [6.45, 7) is 8.98. The first-order valence-electron chi connectivity index (χ1n) is 7.70. The Morgan fingerprint density at radius 2 is 1.86 bits per heavy atom. The SMILES string of the molecule is Cc1ccc(C(=O)NNC2=C[C@@H]3CC[C@@]2(C)C3(C)C)cc1. The zero-order valence-electron chi connectivity index (χ0n) is 13.3. The molecular weight excluding hydrogens is 260 g/mol. The van der Waals surface area contributed by atoms with Crippen molar-refractivity contribution >= 4 is 5.91 Å². The van der Waals surface area contributed by atoms with Gasteiger partial charge in [-0.05, 0) is 43.2 Å². The maximum atomic E-state index is 12.2. The predicted molar refractivity (Wildman–Crippen MR) is 84.5 cm³/mol. The fourth-order valence-corrected chi connectivity index (χ4v) is 3.78. The molecular formula is C18H24N2O. The Hall–Kier alpha value is -1.77. The van der Waals surface area contributed by atoms with E-state index in [0.29, 0.717) is 11.5 Å². The molecule has 0 heterocycles. The largest absolute Gasteiger partial charge is 0.302 e. The number of allylic oxidation sites excluding steroid dienone is 2. The van der Waals surface area contributed by atoms with Crippen LogP contribution in [-0.4, -0.2) is 5.91 Å². The molecule has 2 aliphatic carbocycles. The summed E-state index contributed by atoms with van der Waals surface area (Å²) in [6, 6.07) is 7.62. The van der Waals surface area contributed by atoms with Crippen molar-refractivity contribution in [3.63, 3.8) is 0 Å². The van der Waals surface area contributed by atoms with Gasteiger partial charge in [0.05, 0.1) is 0 Å². The number of carbonyl (C=O) groups is 1. The molecule has 0 aliphatic heterocycles. The highest BCUT2D eigenvalue weighted by Crippen LogP contribution is 2.64. The number of hydrazine groups is 1. The Morgan fingerprint density at radius 3 is 2.38 bits per heavy atom. The van der Waals surface area contributed by atoms with Gasteiger partial charge >= 0.3 is 0 Å². The van der Waals surface area contributed by atoms with Crippen LogP contribution in [0.5, 0.6) is 0 Å². The standard InChI is InChI=1S/C18H24N2O/c1-12-5-7-13(8-6-12)16(21)20-19-15-11-14-9-10-18(15,4)17(14,2)3/h5-8,11,14,19H,9-10H2,1-4H3,(H,20,21)/t14-,18+/m0/s1. The molecule has 0 radical (unpaired) electrons. The number of hydrogen-bond donors (Lipinski definition) is 2. The number of aryl methyl sites for hydroxylation is 1. The number of carbonyl (C=O) groups excluding carboxylic acids is 1. The van der Waals surface area contributed by atoms with E-state index in [1.165, 1.54) is 18.5 Å². The highest BCUT2D eigenvalue weighted by atomic mass is 16.2. The van der Waals surface area contributed by atoms with Gasteiger partial charge in [-0.1, -0.05) is 44.5 Å². The Labute approximate surface area is 126 Å². The molecule has 21 heavy (non-hydrogen) atoms. The van der Waals surface area contributed by atoms with E-state index < -0.39 is 0 Å². The van der Waals surface area contributed by atoms with Crippen molar-refractivity contribution in [2.45, 2.75) is 40.5 Å². The van der Waals surface area contributed by atoms with Gasteiger partial charge in [0, 0.05) is 16.7 Å². The van der Waals surface area contributed by atoms with E-state index in [2.05, 4.69) is 37.7 Å². The lowest BCUT2D eigenvalue weighted by Gasteiger charge is -2.37. The van der Waals surface area contributed by atoms with Gasteiger partial charge in [-0.3, -0.25) is 10.2 Å². The van der Waals surface area contributed by atoms with Crippen LogP contribution in [0.25, 0.3) is 0 Å². The highest BCUT2D eigenvalue weighted by molar-refractivity contribution is 5.93. The lowest BCUT2D eigenvalue weighted by molar-refractivity contribution is 0.0926. The first kappa shape index (κ1) is 14.2. The number of rotatable bonds is 3. The van der Waals surface area contributed by atoms with Crippen molar-refractivity contribution in [1.82, 2.24) is 10.9 Å². The highest BCUT2D eigenvalue weighted by Gasteiger charge is 2.57. The number of hydrogen-bond acceptors (Lipinski definition) is 2. The van der Waals surface area contributed by atoms with E-state index in [1.807, 2.05) is 31.2 Å². The van der Waals surface area contributed by atoms with Crippen LogP contribution in [0.4, 0.5) is 0 Å². The lowest BCUT2D eigenvalue weighted by atomic mass is 9.69. The van der Waals surface area contributed by atoms with Gasteiger partial charge < -0.3 is 5.43 Å². The summed E-state index contributed by atoms with van der Waals surface area (Å²) in [5, 5.41) is 0. The Morgan fingerprint density at radius 1 is 1.19 bits per heavy atom. The second-order valence-corrected chi connectivity index (χ2v) is 7.22. The topological polar surface area (TPSA) is 41.1 Å². The van der Waals surface area contributed by atoms with Crippen molar-refractivity contribution in [3.05, 3.63) is 47.2 Å². The molecule has 2 aliphatic rings. The molecule has 2 bridgehead atoms. The molecule has 3 rings (SSSR count). The Balaban J connectivity index is 1.68. The van der Waals surface area contributed by atoms with Crippen LogP contribution in [0.2, 0.25) is 0 Å². The molecule has 112 valence electrons. The van der Waals surface area contributed by atoms with Crippen molar-refractivity contribution in [1.29, 1.82) is 0 Å². The predicted octanol–water partition coefficient (Wildman–Crippen LogP) is 3.57. The zero-order valence-corrected chi connectivity index (χ0v) is 13.3. The normalized spacial score (nSPS) is 29.1. The maximum absolute atomic E-state index is 12.2. The molecule has 1 aromatic rings. The Bertz CT molecular complexity index is 600. The van der Waals surface area contributed by atoms with Gasteiger partial charge in [-0.25, -0.2) is 0 Å². The average Bonchev–Trinajstić information content (AvgIpc) is 2.78. The van der Waals surface area contributed by atoms with Crippen LogP contribution in [0.3, 0.4) is 0 Å². The molecule has 1 fully saturated rings. The molecule has 3 heteroatoms. The minimum Gasteiger partial charge on any atom is -0.302 e. The van der Waals surface area contributed by atoms with E-state index in [0.717, 1.165) is 5.56 Å². The molecule has 0 saturated heterocycles. The summed E-state index contributed by atoms with van der Waals surface area (Å²) in [6.07, 6.45) is 4.74. The quantitative estimate of drug-likeness (QED) is 0.833. The molecule has 3 nitrogen and oxygen atoms in total. The van der Waals surface area contributed by atoms with Crippen LogP contribution in [-0.2, 0) is 0 Å². The van der Waals surface area contributed by atoms with Crippen LogP contribution in [0.15, 0.2) is 36.0 Å². The number of benzene rings is 1. The van der Waals surface area contributed by atoms with Crippen LogP contribution in [0.1, 0.15) is 49.5 Å². The third-order valence-corrected chi connectivity index (χ3v) is 5.89. The fourth-order valence-electron chi connectivity index (χ4n) is 3.78. The van der Waals surface area contributed by atoms with E-state index >= 15 is 0 Å². The number of fused-ring (bicyclic) bond motifs is 2. The van der Waals surface area contributed by atoms with Gasteiger partial charge in [-0.15, -0.1) is 0 Å². The molecule has 0 spiro atoms. The van der Waals surface area contributed by atoms with Crippen LogP contribution < -0.4 is 10.9 Å². The van der Waals surface area contributed by atoms with Gasteiger partial charge in [0.15, 0.2) is 0 Å². The first-order chi connectivity index (χ1) is 9.84. The second kappa shape index (κ2) is 4.62. The lowest BCUT2D eigenvalue weighted by Crippen LogP contribution is -2.43. The fraction of sp³-hybridized carbons (Fsp3) is 0.500. The summed E-state index contributed by atoms with van der Waals surface area (Å²) in [5.74, 6) is 0.529. The van der Waals surface area contributed by atoms with E-state index in [9.17, 15) is 4.79 Å². The molecule has 0 unspecified atom stereocenters. The van der Waals surface area contributed by atoms with E-state index in [1.54, 1.807) is 0 Å². The van der Waals surface area contributed by atoms with Crippen LogP contribution >= 0.6 is 0 Å². The average molecular weight is 284 g/mol. The van der Waals surface area contributed by atoms with Crippen molar-refractivity contribution in [2.24, 2.45) is 16.7 Å². The summed E-state index contributed by atoms with van der Waals surface area (Å²) in [7, 11) is 0. The third kappa shape index (κ3) is 2.06. The van der Waals surface area contributed by atoms with Gasteiger partial charge in [0.1, 0.15) is 0 Å². The molecule has 0 aromatic heterocycles. The van der Waals surface area contributed by atoms with Crippen molar-refractivity contribution in [2.75, 3.05) is 0 Å². The van der Waals surface area contributed by atoms with E-state index in [-0.39, 0.29) is 16.7 Å². The summed E-state index contributed by atoms with van der Waals surface area (Å²) in [5.41, 5.74) is 9.45. The minimum absolute atomic E-state index is 0.0833. The number of amides is 1. The van der Waals surface area contributed by atoms with Crippen molar-refractivity contribution < 1.29 is 4.79 Å². The molecule has 2 atom stereocenters. The van der Waals surface area contributed by atoms with Gasteiger partial charge in [0.25, 0.3) is 5.91 Å². The third-order valence-electron chi connectivity index (χ3n) is 5.89. The summed E-state index contributed by atoms with van der Waals surface area (Å²) < 4.78 is 0. The molecule has 1 aromatic carbocycles. The smallest absolute Gasteiger partial charge is 0.269 e. The zero-order chi connectivity index (χ0) is 15.3. The van der Waals surface area contributed by atoms with Gasteiger partial charge in [-0.2, -0.15) is 0 Å². The summed E-state index contributed by atoms with van der Waals surface area (Å²) >= 11 is 0. The monoisotopic (exact) mass is 284 g/mol. The maximum Gasteiger partial charge on any atom is 0.269 e. The van der Waals surface area contributed by atoms with E-state index in [4.69, 9.17) is 0 Å². The first-order valence-corrected chi connectivity index (χ1v) is 7.70. The Kier molecular flexibility index (Phi) is 3.12. The number of nitrogens with one attached hydrogen (secondary N) is 2. The molecule has 2 N–H and O–H groups in total. The van der Waals surface area contributed by atoms with Crippen molar-refractivity contribution in [3.8, 4) is 0 Å². The minimum atomic E-state index is -0.0833. The second-order valence-electron chi connectivity index (χ2n) is 7.22. The summed E-state index contributed by atoms with van der Waals surface area (Å²) in [4.78, 5) is 12.2. The van der Waals surface area contributed by atoms with Gasteiger partial charge in [0.2, 0.25) is 0 Å². The van der Waals surface area contributed by atoms with Crippen LogP contribution in [0, 0.1) is 23.7 Å².